The summed E-state index contributed by atoms with van der Waals surface area (Å²) in [5, 5.41) is 1.23. The molecule has 0 amide bonds. The average molecular weight is 299 g/mol. The van der Waals surface area contributed by atoms with Crippen LogP contribution in [0.25, 0.3) is 0 Å². The van der Waals surface area contributed by atoms with E-state index in [1.54, 1.807) is 24.0 Å². The first-order valence-electron chi connectivity index (χ1n) is 5.43. The lowest BCUT2D eigenvalue weighted by molar-refractivity contribution is 0.898. The lowest BCUT2D eigenvalue weighted by atomic mass is 10.3. The number of halogens is 2. The van der Waals surface area contributed by atoms with Gasteiger partial charge in [0.15, 0.2) is 0 Å². The van der Waals surface area contributed by atoms with E-state index in [1.165, 1.54) is 0 Å². The number of hydrogen-bond donors (Lipinski definition) is 1. The molecule has 1 aromatic heterocycles. The van der Waals surface area contributed by atoms with Crippen molar-refractivity contribution in [1.29, 1.82) is 0 Å². The van der Waals surface area contributed by atoms with Gasteiger partial charge in [0, 0.05) is 17.6 Å². The van der Waals surface area contributed by atoms with Gasteiger partial charge in [-0.25, -0.2) is 0 Å². The summed E-state index contributed by atoms with van der Waals surface area (Å²) in [6, 6.07) is 11.4. The van der Waals surface area contributed by atoms with Crippen LogP contribution >= 0.6 is 35.0 Å². The first-order chi connectivity index (χ1) is 8.70. The summed E-state index contributed by atoms with van der Waals surface area (Å²) in [5.41, 5.74) is 6.77. The molecule has 94 valence electrons. The Labute approximate surface area is 121 Å². The van der Waals surface area contributed by atoms with Crippen LogP contribution in [0.5, 0.6) is 0 Å². The van der Waals surface area contributed by atoms with Crippen molar-refractivity contribution in [3.63, 3.8) is 0 Å². The predicted octanol–water partition coefficient (Wildman–Crippen LogP) is 4.18. The molecular weight excluding hydrogens is 287 g/mol. The summed E-state index contributed by atoms with van der Waals surface area (Å²) >= 11 is 13.5. The normalized spacial score (nSPS) is 12.4. The molecule has 2 rings (SSSR count). The molecule has 0 spiro atoms. The van der Waals surface area contributed by atoms with E-state index in [0.717, 1.165) is 10.6 Å². The molecule has 2 N–H and O–H groups in total. The van der Waals surface area contributed by atoms with E-state index in [0.29, 0.717) is 16.6 Å². The van der Waals surface area contributed by atoms with E-state index in [4.69, 9.17) is 28.9 Å². The van der Waals surface area contributed by atoms with Gasteiger partial charge in [-0.05, 0) is 30.3 Å². The number of rotatable bonds is 4. The Hall–Kier alpha value is -0.740. The summed E-state index contributed by atoms with van der Waals surface area (Å²) in [6.45, 7) is 0.516. The molecule has 1 aromatic carbocycles. The number of benzene rings is 1. The van der Waals surface area contributed by atoms with E-state index in [-0.39, 0.29) is 5.25 Å². The second-order valence-electron chi connectivity index (χ2n) is 3.67. The standard InChI is InChI=1S/C13H12Cl2N2S/c14-10-5-4-9(7-11(10)15)18-13(8-16)12-3-1-2-6-17-12/h1-7,13H,8,16H2. The molecule has 0 fully saturated rings. The molecule has 18 heavy (non-hydrogen) atoms. The van der Waals surface area contributed by atoms with Crippen LogP contribution in [0.4, 0.5) is 0 Å². The van der Waals surface area contributed by atoms with Crippen LogP contribution in [0, 0.1) is 0 Å². The van der Waals surface area contributed by atoms with Crippen molar-refractivity contribution in [3.05, 3.63) is 58.3 Å². The topological polar surface area (TPSA) is 38.9 Å². The lowest BCUT2D eigenvalue weighted by Crippen LogP contribution is -2.10. The van der Waals surface area contributed by atoms with Crippen molar-refractivity contribution in [3.8, 4) is 0 Å². The maximum absolute atomic E-state index is 5.99. The van der Waals surface area contributed by atoms with Gasteiger partial charge in [-0.3, -0.25) is 4.98 Å². The Balaban J connectivity index is 2.18. The van der Waals surface area contributed by atoms with E-state index < -0.39 is 0 Å². The Morgan fingerprint density at radius 1 is 1.17 bits per heavy atom. The van der Waals surface area contributed by atoms with Crippen molar-refractivity contribution in [1.82, 2.24) is 4.98 Å². The Morgan fingerprint density at radius 3 is 2.61 bits per heavy atom. The monoisotopic (exact) mass is 298 g/mol. The fraction of sp³-hybridized carbons (Fsp3) is 0.154. The predicted molar refractivity (Wildman–Crippen MR) is 78.4 cm³/mol. The molecule has 0 bridgehead atoms. The quantitative estimate of drug-likeness (QED) is 0.861. The molecule has 0 radical (unpaired) electrons. The zero-order valence-electron chi connectivity index (χ0n) is 9.51. The lowest BCUT2D eigenvalue weighted by Gasteiger charge is -2.14. The van der Waals surface area contributed by atoms with Crippen LogP contribution in [-0.4, -0.2) is 11.5 Å². The van der Waals surface area contributed by atoms with Crippen molar-refractivity contribution < 1.29 is 0 Å². The highest BCUT2D eigenvalue weighted by Crippen LogP contribution is 2.36. The second-order valence-corrected chi connectivity index (χ2v) is 5.76. The molecule has 0 aliphatic rings. The number of aromatic nitrogens is 1. The second kappa shape index (κ2) is 6.43. The third-order valence-electron chi connectivity index (χ3n) is 2.40. The van der Waals surface area contributed by atoms with Gasteiger partial charge >= 0.3 is 0 Å². The highest BCUT2D eigenvalue weighted by atomic mass is 35.5. The van der Waals surface area contributed by atoms with Crippen LogP contribution in [0.2, 0.25) is 10.0 Å². The number of nitrogens with two attached hydrogens (primary N) is 1. The molecule has 0 saturated carbocycles. The van der Waals surface area contributed by atoms with Gasteiger partial charge in [-0.15, -0.1) is 11.8 Å². The van der Waals surface area contributed by atoms with Gasteiger partial charge < -0.3 is 5.73 Å². The van der Waals surface area contributed by atoms with Gasteiger partial charge in [0.25, 0.3) is 0 Å². The van der Waals surface area contributed by atoms with Gasteiger partial charge in [-0.2, -0.15) is 0 Å². The van der Waals surface area contributed by atoms with Gasteiger partial charge in [0.05, 0.1) is 21.0 Å². The smallest absolute Gasteiger partial charge is 0.0639 e. The van der Waals surface area contributed by atoms with Crippen molar-refractivity contribution >= 4 is 35.0 Å². The SMILES string of the molecule is NCC(Sc1ccc(Cl)c(Cl)c1)c1ccccn1. The number of thioether (sulfide) groups is 1. The minimum Gasteiger partial charge on any atom is -0.329 e. The maximum atomic E-state index is 5.99. The highest BCUT2D eigenvalue weighted by Gasteiger charge is 2.13. The summed E-state index contributed by atoms with van der Waals surface area (Å²) in [7, 11) is 0. The van der Waals surface area contributed by atoms with E-state index >= 15 is 0 Å². The van der Waals surface area contributed by atoms with E-state index in [2.05, 4.69) is 4.98 Å². The van der Waals surface area contributed by atoms with E-state index in [1.807, 2.05) is 30.3 Å². The third kappa shape index (κ3) is 3.39. The van der Waals surface area contributed by atoms with Gasteiger partial charge in [0.1, 0.15) is 0 Å². The summed E-state index contributed by atoms with van der Waals surface area (Å²) in [4.78, 5) is 5.36. The first-order valence-corrected chi connectivity index (χ1v) is 7.07. The molecule has 2 nitrogen and oxygen atoms in total. The summed E-state index contributed by atoms with van der Waals surface area (Å²) in [5.74, 6) is 0. The first kappa shape index (κ1) is 13.7. The van der Waals surface area contributed by atoms with Crippen LogP contribution in [-0.2, 0) is 0 Å². The number of hydrogen-bond acceptors (Lipinski definition) is 3. The highest BCUT2D eigenvalue weighted by molar-refractivity contribution is 7.99. The van der Waals surface area contributed by atoms with Crippen LogP contribution < -0.4 is 5.73 Å². The largest absolute Gasteiger partial charge is 0.329 e. The fourth-order valence-corrected chi connectivity index (χ4v) is 2.89. The number of nitrogens with zero attached hydrogens (tertiary/aromatic N) is 1. The van der Waals surface area contributed by atoms with Gasteiger partial charge in [-0.1, -0.05) is 29.3 Å². The summed E-state index contributed by atoms with van der Waals surface area (Å²) < 4.78 is 0. The number of pyridine rings is 1. The molecule has 1 unspecified atom stereocenters. The molecule has 5 heteroatoms. The molecule has 1 heterocycles. The minimum atomic E-state index is 0.114. The van der Waals surface area contributed by atoms with Crippen molar-refractivity contribution in [2.45, 2.75) is 10.1 Å². The van der Waals surface area contributed by atoms with Crippen LogP contribution in [0.15, 0.2) is 47.5 Å². The molecule has 0 aliphatic heterocycles. The minimum absolute atomic E-state index is 0.114. The Kier molecular flexibility index (Phi) is 4.89. The third-order valence-corrected chi connectivity index (χ3v) is 4.38. The van der Waals surface area contributed by atoms with Crippen molar-refractivity contribution in [2.75, 3.05) is 6.54 Å². The Morgan fingerprint density at radius 2 is 2.00 bits per heavy atom. The van der Waals surface area contributed by atoms with Crippen LogP contribution in [0.1, 0.15) is 10.9 Å². The van der Waals surface area contributed by atoms with Crippen LogP contribution in [0.3, 0.4) is 0 Å². The Bertz CT molecular complexity index is 520. The van der Waals surface area contributed by atoms with E-state index in [9.17, 15) is 0 Å². The zero-order chi connectivity index (χ0) is 13.0. The molecule has 0 saturated heterocycles. The molecular formula is C13H12Cl2N2S. The molecule has 0 aliphatic carbocycles. The molecule has 2 aromatic rings. The average Bonchev–Trinajstić information content (AvgIpc) is 2.41. The zero-order valence-corrected chi connectivity index (χ0v) is 11.8. The summed E-state index contributed by atoms with van der Waals surface area (Å²) in [6.07, 6.45) is 1.77. The van der Waals surface area contributed by atoms with Gasteiger partial charge in [0.2, 0.25) is 0 Å². The fourth-order valence-electron chi connectivity index (χ4n) is 1.51. The molecule has 1 atom stereocenters. The maximum Gasteiger partial charge on any atom is 0.0639 e. The van der Waals surface area contributed by atoms with Crippen molar-refractivity contribution in [2.24, 2.45) is 5.73 Å².